The Kier molecular flexibility index (Phi) is 2.50. The third kappa shape index (κ3) is 1.68. The molecule has 13 heavy (non-hydrogen) atoms. The van der Waals surface area contributed by atoms with Gasteiger partial charge >= 0.3 is 0 Å². The average Bonchev–Trinajstić information content (AvgIpc) is 2.58. The number of hydrogen-bond acceptors (Lipinski definition) is 2. The van der Waals surface area contributed by atoms with E-state index in [9.17, 15) is 0 Å². The second-order valence-electron chi connectivity index (χ2n) is 3.53. The Bertz CT molecular complexity index is 265. The monoisotopic (exact) mass is 177 g/mol. The van der Waals surface area contributed by atoms with Gasteiger partial charge in [-0.3, -0.25) is 0 Å². The lowest BCUT2D eigenvalue weighted by atomic mass is 9.89. The molecule has 2 aliphatic rings. The van der Waals surface area contributed by atoms with Crippen molar-refractivity contribution in [2.24, 2.45) is 5.92 Å². The van der Waals surface area contributed by atoms with Crippen LogP contribution in [0.4, 0.5) is 0 Å². The molecule has 0 aromatic carbocycles. The minimum absolute atomic E-state index is 0.286. The first-order valence-corrected chi connectivity index (χ1v) is 4.82. The van der Waals surface area contributed by atoms with Gasteiger partial charge in [-0.15, -0.1) is 0 Å². The molecule has 2 unspecified atom stereocenters. The van der Waals surface area contributed by atoms with Crippen molar-refractivity contribution in [2.75, 3.05) is 6.61 Å². The van der Waals surface area contributed by atoms with Crippen LogP contribution in [0.2, 0.25) is 0 Å². The van der Waals surface area contributed by atoms with E-state index in [1.54, 1.807) is 0 Å². The highest BCUT2D eigenvalue weighted by Gasteiger charge is 2.25. The fourth-order valence-electron chi connectivity index (χ4n) is 1.94. The third-order valence-electron chi connectivity index (χ3n) is 2.65. The number of hydrogen-bond donors (Lipinski definition) is 2. The minimum Gasteiger partial charge on any atom is -0.396 e. The van der Waals surface area contributed by atoms with Crippen LogP contribution in [0.5, 0.6) is 0 Å². The van der Waals surface area contributed by atoms with Gasteiger partial charge in [-0.1, -0.05) is 24.3 Å². The predicted molar refractivity (Wildman–Crippen MR) is 53.1 cm³/mol. The van der Waals surface area contributed by atoms with Gasteiger partial charge in [0.15, 0.2) is 0 Å². The van der Waals surface area contributed by atoms with Gasteiger partial charge in [0, 0.05) is 12.5 Å². The molecule has 2 heteroatoms. The van der Waals surface area contributed by atoms with Gasteiger partial charge in [0.25, 0.3) is 0 Å². The molecule has 2 rings (SSSR count). The molecular weight excluding hydrogens is 162 g/mol. The normalized spacial score (nSPS) is 29.8. The first kappa shape index (κ1) is 8.57. The van der Waals surface area contributed by atoms with Crippen molar-refractivity contribution in [3.63, 3.8) is 0 Å². The fourth-order valence-corrected chi connectivity index (χ4v) is 1.94. The summed E-state index contributed by atoms with van der Waals surface area (Å²) in [6.07, 6.45) is 12.6. The molecule has 0 saturated carbocycles. The molecule has 1 aliphatic heterocycles. The maximum Gasteiger partial charge on any atom is 0.0542 e. The summed E-state index contributed by atoms with van der Waals surface area (Å²) >= 11 is 0. The van der Waals surface area contributed by atoms with Gasteiger partial charge in [-0.2, -0.15) is 0 Å². The van der Waals surface area contributed by atoms with Crippen LogP contribution in [0.3, 0.4) is 0 Å². The molecule has 0 bridgehead atoms. The van der Waals surface area contributed by atoms with Crippen LogP contribution in [-0.2, 0) is 0 Å². The highest BCUT2D eigenvalue weighted by Crippen LogP contribution is 2.28. The zero-order valence-corrected chi connectivity index (χ0v) is 7.61. The molecule has 0 aromatic rings. The molecule has 2 nitrogen and oxygen atoms in total. The van der Waals surface area contributed by atoms with Gasteiger partial charge in [0.05, 0.1) is 6.04 Å². The molecule has 1 heterocycles. The first-order chi connectivity index (χ1) is 6.42. The number of rotatable bonds is 3. The topological polar surface area (TPSA) is 32.3 Å². The number of nitrogens with one attached hydrogen (secondary N) is 1. The Labute approximate surface area is 78.7 Å². The quantitative estimate of drug-likeness (QED) is 0.682. The molecule has 1 aliphatic carbocycles. The average molecular weight is 177 g/mol. The van der Waals surface area contributed by atoms with Gasteiger partial charge in [-0.25, -0.2) is 0 Å². The maximum absolute atomic E-state index is 8.74. The summed E-state index contributed by atoms with van der Waals surface area (Å²) in [5.41, 5.74) is 1.42. The van der Waals surface area contributed by atoms with Crippen LogP contribution in [0, 0.1) is 5.92 Å². The lowest BCUT2D eigenvalue weighted by Crippen LogP contribution is -2.25. The van der Waals surface area contributed by atoms with Crippen molar-refractivity contribution in [1.82, 2.24) is 5.32 Å². The summed E-state index contributed by atoms with van der Waals surface area (Å²) in [5.74, 6) is 0.525. The Balaban J connectivity index is 1.99. The molecular formula is C11H15NO. The van der Waals surface area contributed by atoms with Crippen molar-refractivity contribution in [3.05, 3.63) is 36.1 Å². The van der Waals surface area contributed by atoms with E-state index >= 15 is 0 Å². The zero-order valence-electron chi connectivity index (χ0n) is 7.61. The Hall–Kier alpha value is -1.02. The van der Waals surface area contributed by atoms with E-state index in [2.05, 4.69) is 35.8 Å². The molecule has 0 saturated heterocycles. The Morgan fingerprint density at radius 3 is 3.00 bits per heavy atom. The summed E-state index contributed by atoms with van der Waals surface area (Å²) in [4.78, 5) is 0. The third-order valence-corrected chi connectivity index (χ3v) is 2.65. The van der Waals surface area contributed by atoms with Gasteiger partial charge in [-0.05, 0) is 24.6 Å². The molecule has 70 valence electrons. The summed E-state index contributed by atoms with van der Waals surface area (Å²) in [7, 11) is 0. The van der Waals surface area contributed by atoms with Crippen LogP contribution in [0.15, 0.2) is 36.1 Å². The van der Waals surface area contributed by atoms with E-state index in [-0.39, 0.29) is 6.61 Å². The van der Waals surface area contributed by atoms with Crippen molar-refractivity contribution < 1.29 is 5.11 Å². The number of aliphatic hydroxyl groups excluding tert-OH is 1. The van der Waals surface area contributed by atoms with E-state index in [4.69, 9.17) is 5.11 Å². The number of fused-ring (bicyclic) bond motifs is 1. The van der Waals surface area contributed by atoms with E-state index in [0.717, 1.165) is 12.8 Å². The fraction of sp³-hybridized carbons (Fsp3) is 0.455. The molecule has 0 spiro atoms. The zero-order chi connectivity index (χ0) is 9.10. The highest BCUT2D eigenvalue weighted by atomic mass is 16.2. The van der Waals surface area contributed by atoms with Crippen LogP contribution in [0.1, 0.15) is 12.8 Å². The standard InChI is InChI=1S/C11H15NO/c13-7-3-4-9-8-12-11-6-2-1-5-10(9)11/h1-2,5-6,8,10-13H,3-4,7H2. The second kappa shape index (κ2) is 3.79. The van der Waals surface area contributed by atoms with Crippen molar-refractivity contribution in [3.8, 4) is 0 Å². The summed E-state index contributed by atoms with van der Waals surface area (Å²) in [6, 6.07) is 0.457. The predicted octanol–water partition coefficient (Wildman–Crippen LogP) is 1.36. The highest BCUT2D eigenvalue weighted by molar-refractivity contribution is 5.31. The summed E-state index contributed by atoms with van der Waals surface area (Å²) < 4.78 is 0. The van der Waals surface area contributed by atoms with E-state index < -0.39 is 0 Å². The molecule has 2 atom stereocenters. The minimum atomic E-state index is 0.286. The molecule has 0 fully saturated rings. The summed E-state index contributed by atoms with van der Waals surface area (Å²) in [6.45, 7) is 0.286. The van der Waals surface area contributed by atoms with Gasteiger partial charge in [0.1, 0.15) is 0 Å². The van der Waals surface area contributed by atoms with Crippen molar-refractivity contribution in [1.29, 1.82) is 0 Å². The van der Waals surface area contributed by atoms with E-state index in [1.807, 2.05) is 0 Å². The number of allylic oxidation sites excluding steroid dienone is 2. The van der Waals surface area contributed by atoms with Crippen molar-refractivity contribution >= 4 is 0 Å². The van der Waals surface area contributed by atoms with Crippen LogP contribution in [-0.4, -0.2) is 17.8 Å². The number of aliphatic hydroxyl groups is 1. The lowest BCUT2D eigenvalue weighted by molar-refractivity contribution is 0.287. The maximum atomic E-state index is 8.74. The lowest BCUT2D eigenvalue weighted by Gasteiger charge is -2.18. The van der Waals surface area contributed by atoms with E-state index in [1.165, 1.54) is 5.57 Å². The molecule has 0 aromatic heterocycles. The van der Waals surface area contributed by atoms with Crippen LogP contribution >= 0.6 is 0 Å². The van der Waals surface area contributed by atoms with Crippen LogP contribution < -0.4 is 5.32 Å². The molecule has 2 N–H and O–H groups in total. The molecule has 0 radical (unpaired) electrons. The van der Waals surface area contributed by atoms with Gasteiger partial charge < -0.3 is 10.4 Å². The molecule has 0 amide bonds. The smallest absolute Gasteiger partial charge is 0.0542 e. The van der Waals surface area contributed by atoms with Crippen molar-refractivity contribution in [2.45, 2.75) is 18.9 Å². The van der Waals surface area contributed by atoms with E-state index in [0.29, 0.717) is 12.0 Å². The summed E-state index contributed by atoms with van der Waals surface area (Å²) in [5, 5.41) is 12.1. The van der Waals surface area contributed by atoms with Crippen LogP contribution in [0.25, 0.3) is 0 Å². The largest absolute Gasteiger partial charge is 0.396 e. The first-order valence-electron chi connectivity index (χ1n) is 4.82. The van der Waals surface area contributed by atoms with Gasteiger partial charge in [0.2, 0.25) is 0 Å². The second-order valence-corrected chi connectivity index (χ2v) is 3.53. The Morgan fingerprint density at radius 2 is 2.15 bits per heavy atom. The Morgan fingerprint density at radius 1 is 1.31 bits per heavy atom. The SMILES string of the molecule is OCCCC1=CNC2C=CC=CC12.